The molecule has 0 aliphatic rings. The van der Waals surface area contributed by atoms with Crippen LogP contribution in [-0.2, 0) is 11.4 Å². The Hall–Kier alpha value is -1.71. The number of benzene rings is 2. The summed E-state index contributed by atoms with van der Waals surface area (Å²) in [6.07, 6.45) is 1.81. The molecule has 0 unspecified atom stereocenters. The number of rotatable bonds is 4. The Morgan fingerprint density at radius 2 is 1.84 bits per heavy atom. The first-order valence-corrected chi connectivity index (χ1v) is 6.20. The zero-order valence-electron chi connectivity index (χ0n) is 9.82. The van der Waals surface area contributed by atoms with Gasteiger partial charge in [-0.05, 0) is 17.7 Å². The smallest absolute Gasteiger partial charge is 0.233 e. The fourth-order valence-corrected chi connectivity index (χ4v) is 2.12. The summed E-state index contributed by atoms with van der Waals surface area (Å²) >= 11 is 11.8. The van der Waals surface area contributed by atoms with Crippen LogP contribution < -0.4 is 10.5 Å². The molecule has 0 aliphatic heterocycles. The van der Waals surface area contributed by atoms with E-state index in [0.29, 0.717) is 33.7 Å². The van der Waals surface area contributed by atoms with Gasteiger partial charge in [-0.25, -0.2) is 0 Å². The first-order chi connectivity index (χ1) is 9.10. The highest BCUT2D eigenvalue weighted by atomic mass is 35.5. The number of halogens is 2. The lowest BCUT2D eigenvalue weighted by Crippen LogP contribution is -1.99. The first kappa shape index (κ1) is 13.7. The Labute approximate surface area is 120 Å². The topological polar surface area (TPSA) is 52.3 Å². The van der Waals surface area contributed by atoms with E-state index in [1.54, 1.807) is 42.7 Å². The number of hydrogen-bond donors (Lipinski definition) is 1. The van der Waals surface area contributed by atoms with Gasteiger partial charge in [0.25, 0.3) is 0 Å². The SMILES string of the molecule is Nc1cc(Cl)cc(Cl)c1OCc1ccc([C]=O)cc1. The van der Waals surface area contributed by atoms with Crippen LogP contribution in [0.15, 0.2) is 36.4 Å². The first-order valence-electron chi connectivity index (χ1n) is 5.44. The average Bonchev–Trinajstić information content (AvgIpc) is 2.38. The summed E-state index contributed by atoms with van der Waals surface area (Å²) in [6, 6.07) is 10.0. The molecular formula is C14H10Cl2NO2. The zero-order chi connectivity index (χ0) is 13.8. The Morgan fingerprint density at radius 1 is 1.16 bits per heavy atom. The van der Waals surface area contributed by atoms with Crippen LogP contribution in [0.4, 0.5) is 5.69 Å². The van der Waals surface area contributed by atoms with Crippen LogP contribution in [0.3, 0.4) is 0 Å². The summed E-state index contributed by atoms with van der Waals surface area (Å²) in [5.41, 5.74) is 7.56. The number of nitrogen functional groups attached to an aromatic ring is 1. The minimum atomic E-state index is 0.296. The molecule has 0 amide bonds. The molecular weight excluding hydrogens is 285 g/mol. The van der Waals surface area contributed by atoms with Crippen molar-refractivity contribution in [1.29, 1.82) is 0 Å². The largest absolute Gasteiger partial charge is 0.485 e. The number of hydrogen-bond acceptors (Lipinski definition) is 3. The van der Waals surface area contributed by atoms with Gasteiger partial charge in [0.05, 0.1) is 10.7 Å². The van der Waals surface area contributed by atoms with Crippen molar-refractivity contribution in [3.63, 3.8) is 0 Å². The highest BCUT2D eigenvalue weighted by Crippen LogP contribution is 2.34. The van der Waals surface area contributed by atoms with Gasteiger partial charge in [0.2, 0.25) is 6.29 Å². The second kappa shape index (κ2) is 5.95. The van der Waals surface area contributed by atoms with Gasteiger partial charge < -0.3 is 10.5 Å². The fourth-order valence-electron chi connectivity index (χ4n) is 1.56. The van der Waals surface area contributed by atoms with Gasteiger partial charge in [0.1, 0.15) is 6.61 Å². The molecule has 0 saturated heterocycles. The van der Waals surface area contributed by atoms with Crippen molar-refractivity contribution >= 4 is 35.2 Å². The number of nitrogens with two attached hydrogens (primary N) is 1. The van der Waals surface area contributed by atoms with E-state index in [1.165, 1.54) is 0 Å². The van der Waals surface area contributed by atoms with Crippen molar-refractivity contribution in [2.24, 2.45) is 0 Å². The van der Waals surface area contributed by atoms with Crippen molar-refractivity contribution in [2.45, 2.75) is 6.61 Å². The molecule has 2 aromatic rings. The molecule has 2 N–H and O–H groups in total. The third kappa shape index (κ3) is 3.40. The van der Waals surface area contributed by atoms with E-state index in [-0.39, 0.29) is 0 Å². The third-order valence-corrected chi connectivity index (χ3v) is 2.99. The number of ether oxygens (including phenoxy) is 1. The maximum absolute atomic E-state index is 10.4. The van der Waals surface area contributed by atoms with Crippen LogP contribution in [0.2, 0.25) is 10.0 Å². The normalized spacial score (nSPS) is 10.2. The third-order valence-electron chi connectivity index (χ3n) is 2.49. The van der Waals surface area contributed by atoms with Crippen molar-refractivity contribution < 1.29 is 9.53 Å². The molecule has 97 valence electrons. The fraction of sp³-hybridized carbons (Fsp3) is 0.0714. The van der Waals surface area contributed by atoms with E-state index in [1.807, 2.05) is 0 Å². The Bertz CT molecular complexity index is 574. The minimum absolute atomic E-state index is 0.296. The van der Waals surface area contributed by atoms with Crippen LogP contribution in [0.1, 0.15) is 11.1 Å². The van der Waals surface area contributed by atoms with Gasteiger partial charge >= 0.3 is 0 Å². The maximum atomic E-state index is 10.4. The van der Waals surface area contributed by atoms with Gasteiger partial charge in [0, 0.05) is 10.6 Å². The van der Waals surface area contributed by atoms with Gasteiger partial charge in [-0.2, -0.15) is 0 Å². The molecule has 0 heterocycles. The summed E-state index contributed by atoms with van der Waals surface area (Å²) in [7, 11) is 0. The quantitative estimate of drug-likeness (QED) is 0.877. The second-order valence-electron chi connectivity index (χ2n) is 3.89. The standard InChI is InChI=1S/C14H10Cl2NO2/c15-11-5-12(16)14(13(17)6-11)19-8-10-3-1-9(7-18)2-4-10/h1-6H,8,17H2. The Morgan fingerprint density at radius 3 is 2.42 bits per heavy atom. The predicted molar refractivity (Wildman–Crippen MR) is 76.4 cm³/mol. The highest BCUT2D eigenvalue weighted by Gasteiger charge is 2.08. The summed E-state index contributed by atoms with van der Waals surface area (Å²) in [6.45, 7) is 0.296. The van der Waals surface area contributed by atoms with E-state index >= 15 is 0 Å². The summed E-state index contributed by atoms with van der Waals surface area (Å²) < 4.78 is 5.57. The second-order valence-corrected chi connectivity index (χ2v) is 4.74. The summed E-state index contributed by atoms with van der Waals surface area (Å²) in [5.74, 6) is 0.400. The molecule has 2 rings (SSSR count). The van der Waals surface area contributed by atoms with Crippen molar-refractivity contribution in [2.75, 3.05) is 5.73 Å². The molecule has 0 atom stereocenters. The predicted octanol–water partition coefficient (Wildman–Crippen LogP) is 3.61. The summed E-state index contributed by atoms with van der Waals surface area (Å²) in [5, 5.41) is 0.823. The zero-order valence-corrected chi connectivity index (χ0v) is 11.3. The lowest BCUT2D eigenvalue weighted by Gasteiger charge is -2.11. The molecule has 19 heavy (non-hydrogen) atoms. The Balaban J connectivity index is 2.12. The molecule has 0 aromatic heterocycles. The van der Waals surface area contributed by atoms with E-state index in [9.17, 15) is 4.79 Å². The molecule has 0 spiro atoms. The molecule has 5 heteroatoms. The Kier molecular flexibility index (Phi) is 4.30. The lowest BCUT2D eigenvalue weighted by atomic mass is 10.1. The van der Waals surface area contributed by atoms with Gasteiger partial charge in [0.15, 0.2) is 5.75 Å². The molecule has 0 aliphatic carbocycles. The molecule has 0 saturated carbocycles. The molecule has 3 nitrogen and oxygen atoms in total. The maximum Gasteiger partial charge on any atom is 0.233 e. The highest BCUT2D eigenvalue weighted by molar-refractivity contribution is 6.36. The van der Waals surface area contributed by atoms with Gasteiger partial charge in [-0.1, -0.05) is 47.5 Å². The van der Waals surface area contributed by atoms with Crippen molar-refractivity contribution in [3.05, 3.63) is 57.6 Å². The number of anilines is 1. The molecule has 1 radical (unpaired) electrons. The van der Waals surface area contributed by atoms with E-state index in [0.717, 1.165) is 5.56 Å². The van der Waals surface area contributed by atoms with Crippen molar-refractivity contribution in [1.82, 2.24) is 0 Å². The lowest BCUT2D eigenvalue weighted by molar-refractivity contribution is 0.308. The van der Waals surface area contributed by atoms with E-state index in [4.69, 9.17) is 33.7 Å². The van der Waals surface area contributed by atoms with Gasteiger partial charge in [-0.3, -0.25) is 4.79 Å². The summed E-state index contributed by atoms with van der Waals surface area (Å²) in [4.78, 5) is 10.4. The van der Waals surface area contributed by atoms with Crippen molar-refractivity contribution in [3.8, 4) is 5.75 Å². The molecule has 0 bridgehead atoms. The molecule has 2 aromatic carbocycles. The minimum Gasteiger partial charge on any atom is -0.485 e. The average molecular weight is 295 g/mol. The van der Waals surface area contributed by atoms with Crippen LogP contribution in [0, 0.1) is 0 Å². The van der Waals surface area contributed by atoms with Crippen LogP contribution in [0.25, 0.3) is 0 Å². The molecule has 0 fully saturated rings. The van der Waals surface area contributed by atoms with E-state index < -0.39 is 0 Å². The van der Waals surface area contributed by atoms with Crippen LogP contribution in [-0.4, -0.2) is 6.29 Å². The van der Waals surface area contributed by atoms with E-state index in [2.05, 4.69) is 0 Å². The number of carbonyl (C=O) groups excluding carboxylic acids is 1. The van der Waals surface area contributed by atoms with Crippen LogP contribution in [0.5, 0.6) is 5.75 Å². The monoisotopic (exact) mass is 294 g/mol. The van der Waals surface area contributed by atoms with Gasteiger partial charge in [-0.15, -0.1) is 0 Å². The van der Waals surface area contributed by atoms with Crippen LogP contribution >= 0.6 is 23.2 Å².